The van der Waals surface area contributed by atoms with Crippen LogP contribution in [0, 0.1) is 12.7 Å². The number of carbonyl (C=O) groups is 1. The van der Waals surface area contributed by atoms with E-state index in [0.717, 1.165) is 0 Å². The lowest BCUT2D eigenvalue weighted by molar-refractivity contribution is 0.102. The highest BCUT2D eigenvalue weighted by Gasteiger charge is 2.14. The van der Waals surface area contributed by atoms with Crippen LogP contribution in [0.5, 0.6) is 5.75 Å². The van der Waals surface area contributed by atoms with Gasteiger partial charge >= 0.3 is 0 Å². The summed E-state index contributed by atoms with van der Waals surface area (Å²) in [6.45, 7) is 1.74. The van der Waals surface area contributed by atoms with Gasteiger partial charge in [-0.25, -0.2) is 14.4 Å². The highest BCUT2D eigenvalue weighted by Crippen LogP contribution is 2.28. The first-order valence-corrected chi connectivity index (χ1v) is 8.35. The molecule has 8 heteroatoms. The van der Waals surface area contributed by atoms with Crippen molar-refractivity contribution >= 4 is 34.8 Å². The van der Waals surface area contributed by atoms with Crippen LogP contribution in [0.4, 0.5) is 21.7 Å². The maximum absolute atomic E-state index is 13.0. The zero-order chi connectivity index (χ0) is 19.4. The molecule has 1 heterocycles. The number of methoxy groups -OCH3 is 1. The molecule has 2 aromatic carbocycles. The van der Waals surface area contributed by atoms with Crippen molar-refractivity contribution in [2.24, 2.45) is 0 Å². The molecule has 0 aliphatic heterocycles. The van der Waals surface area contributed by atoms with Gasteiger partial charge in [0.25, 0.3) is 5.91 Å². The minimum absolute atomic E-state index is 0.161. The first-order valence-electron chi connectivity index (χ1n) is 7.98. The molecule has 0 spiro atoms. The fourth-order valence-electron chi connectivity index (χ4n) is 2.37. The molecule has 0 atom stereocenters. The van der Waals surface area contributed by atoms with Gasteiger partial charge in [0, 0.05) is 16.4 Å². The molecule has 1 aromatic heterocycles. The number of rotatable bonds is 5. The first kappa shape index (κ1) is 18.6. The van der Waals surface area contributed by atoms with E-state index in [9.17, 15) is 9.18 Å². The van der Waals surface area contributed by atoms with Gasteiger partial charge in [0.05, 0.1) is 12.8 Å². The zero-order valence-corrected chi connectivity index (χ0v) is 15.3. The third-order valence-electron chi connectivity index (χ3n) is 3.60. The Bertz CT molecular complexity index is 980. The lowest BCUT2D eigenvalue weighted by Crippen LogP contribution is -2.16. The summed E-state index contributed by atoms with van der Waals surface area (Å²) >= 11 is 5.99. The van der Waals surface area contributed by atoms with Gasteiger partial charge in [0.15, 0.2) is 0 Å². The fourth-order valence-corrected chi connectivity index (χ4v) is 2.54. The van der Waals surface area contributed by atoms with Gasteiger partial charge in [-0.05, 0) is 55.5 Å². The SMILES string of the molecule is COc1ccc(Cl)cc1NC(=O)c1cc(C)nc(Nc2ccc(F)cc2)n1. The normalized spacial score (nSPS) is 10.4. The van der Waals surface area contributed by atoms with E-state index in [1.54, 1.807) is 43.3 Å². The molecule has 0 fully saturated rings. The maximum Gasteiger partial charge on any atom is 0.274 e. The molecule has 2 N–H and O–H groups in total. The Morgan fingerprint density at radius 1 is 1.11 bits per heavy atom. The lowest BCUT2D eigenvalue weighted by atomic mass is 10.2. The number of halogens is 2. The van der Waals surface area contributed by atoms with E-state index in [1.807, 2.05) is 0 Å². The van der Waals surface area contributed by atoms with E-state index in [1.165, 1.54) is 19.2 Å². The Morgan fingerprint density at radius 2 is 1.85 bits per heavy atom. The van der Waals surface area contributed by atoms with E-state index in [0.29, 0.717) is 27.8 Å². The summed E-state index contributed by atoms with van der Waals surface area (Å²) in [4.78, 5) is 21.1. The number of aromatic nitrogens is 2. The second-order valence-corrected chi connectivity index (χ2v) is 6.09. The number of hydrogen-bond donors (Lipinski definition) is 2. The molecule has 0 bridgehead atoms. The average molecular weight is 387 g/mol. The van der Waals surface area contributed by atoms with Crippen molar-refractivity contribution in [2.75, 3.05) is 17.7 Å². The molecule has 0 unspecified atom stereocenters. The summed E-state index contributed by atoms with van der Waals surface area (Å²) in [6, 6.07) is 12.2. The van der Waals surface area contributed by atoms with Crippen molar-refractivity contribution in [1.82, 2.24) is 9.97 Å². The molecule has 0 aliphatic carbocycles. The Kier molecular flexibility index (Phi) is 5.52. The summed E-state index contributed by atoms with van der Waals surface area (Å²) in [6.07, 6.45) is 0. The molecule has 0 aliphatic rings. The van der Waals surface area contributed by atoms with Crippen molar-refractivity contribution in [3.05, 3.63) is 70.8 Å². The van der Waals surface area contributed by atoms with E-state index < -0.39 is 5.91 Å². The molecule has 1 amide bonds. The number of hydrogen-bond acceptors (Lipinski definition) is 5. The van der Waals surface area contributed by atoms with Crippen molar-refractivity contribution in [2.45, 2.75) is 6.92 Å². The third kappa shape index (κ3) is 4.71. The standard InChI is InChI=1S/C19H16ClFN4O2/c1-11-9-16(18(26)24-15-10-12(20)3-8-17(15)27-2)25-19(22-11)23-14-6-4-13(21)5-7-14/h3-10H,1-2H3,(H,24,26)(H,22,23,25). The summed E-state index contributed by atoms with van der Waals surface area (Å²) in [5.41, 5.74) is 1.79. The largest absolute Gasteiger partial charge is 0.495 e. The van der Waals surface area contributed by atoms with Crippen LogP contribution < -0.4 is 15.4 Å². The summed E-state index contributed by atoms with van der Waals surface area (Å²) in [5, 5.41) is 6.14. The minimum atomic E-state index is -0.441. The summed E-state index contributed by atoms with van der Waals surface area (Å²) < 4.78 is 18.2. The second kappa shape index (κ2) is 8.01. The van der Waals surface area contributed by atoms with Gasteiger partial charge in [-0.1, -0.05) is 11.6 Å². The number of amides is 1. The van der Waals surface area contributed by atoms with Crippen LogP contribution in [0.3, 0.4) is 0 Å². The maximum atomic E-state index is 13.0. The number of benzene rings is 2. The fraction of sp³-hybridized carbons (Fsp3) is 0.105. The highest BCUT2D eigenvalue weighted by molar-refractivity contribution is 6.31. The van der Waals surface area contributed by atoms with Gasteiger partial charge in [0.1, 0.15) is 17.3 Å². The predicted molar refractivity (Wildman–Crippen MR) is 102 cm³/mol. The monoisotopic (exact) mass is 386 g/mol. The van der Waals surface area contributed by atoms with Crippen molar-refractivity contribution in [3.8, 4) is 5.75 Å². The van der Waals surface area contributed by atoms with Gasteiger partial charge in [-0.3, -0.25) is 4.79 Å². The molecule has 6 nitrogen and oxygen atoms in total. The van der Waals surface area contributed by atoms with E-state index in [4.69, 9.17) is 16.3 Å². The molecule has 0 saturated heterocycles. The molecule has 0 saturated carbocycles. The molecular formula is C19H16ClFN4O2. The van der Waals surface area contributed by atoms with Crippen LogP contribution in [0.25, 0.3) is 0 Å². The van der Waals surface area contributed by atoms with Gasteiger partial charge in [-0.2, -0.15) is 0 Å². The van der Waals surface area contributed by atoms with Crippen molar-refractivity contribution < 1.29 is 13.9 Å². The molecule has 138 valence electrons. The summed E-state index contributed by atoms with van der Waals surface area (Å²) in [5.74, 6) is -0.0857. The number of nitrogens with zero attached hydrogens (tertiary/aromatic N) is 2. The van der Waals surface area contributed by atoms with Crippen LogP contribution in [0.15, 0.2) is 48.5 Å². The highest BCUT2D eigenvalue weighted by atomic mass is 35.5. The van der Waals surface area contributed by atoms with E-state index in [-0.39, 0.29) is 17.5 Å². The zero-order valence-electron chi connectivity index (χ0n) is 14.6. The van der Waals surface area contributed by atoms with Gasteiger partial charge < -0.3 is 15.4 Å². The number of anilines is 3. The Morgan fingerprint density at radius 3 is 2.56 bits per heavy atom. The Balaban J connectivity index is 1.84. The number of ether oxygens (including phenoxy) is 1. The van der Waals surface area contributed by atoms with Crippen LogP contribution in [0.1, 0.15) is 16.2 Å². The van der Waals surface area contributed by atoms with Crippen molar-refractivity contribution in [1.29, 1.82) is 0 Å². The lowest BCUT2D eigenvalue weighted by Gasteiger charge is -2.11. The van der Waals surface area contributed by atoms with Crippen LogP contribution in [0.2, 0.25) is 5.02 Å². The molecule has 3 aromatic rings. The number of nitrogens with one attached hydrogen (secondary N) is 2. The van der Waals surface area contributed by atoms with Crippen LogP contribution >= 0.6 is 11.6 Å². The van der Waals surface area contributed by atoms with Gasteiger partial charge in [-0.15, -0.1) is 0 Å². The first-order chi connectivity index (χ1) is 12.9. The Hall–Kier alpha value is -3.19. The number of carbonyl (C=O) groups excluding carboxylic acids is 1. The smallest absolute Gasteiger partial charge is 0.274 e. The third-order valence-corrected chi connectivity index (χ3v) is 3.83. The van der Waals surface area contributed by atoms with E-state index in [2.05, 4.69) is 20.6 Å². The van der Waals surface area contributed by atoms with E-state index >= 15 is 0 Å². The quantitative estimate of drug-likeness (QED) is 0.671. The molecule has 0 radical (unpaired) electrons. The summed E-state index contributed by atoms with van der Waals surface area (Å²) in [7, 11) is 1.50. The van der Waals surface area contributed by atoms with Gasteiger partial charge in [0.2, 0.25) is 5.95 Å². The average Bonchev–Trinajstić information content (AvgIpc) is 2.63. The predicted octanol–water partition coefficient (Wildman–Crippen LogP) is 4.58. The van der Waals surface area contributed by atoms with Crippen molar-refractivity contribution in [3.63, 3.8) is 0 Å². The number of aryl methyl sites for hydroxylation is 1. The van der Waals surface area contributed by atoms with Crippen LogP contribution in [-0.4, -0.2) is 23.0 Å². The molecule has 3 rings (SSSR count). The molecule has 27 heavy (non-hydrogen) atoms. The Labute approximate surface area is 160 Å². The minimum Gasteiger partial charge on any atom is -0.495 e. The second-order valence-electron chi connectivity index (χ2n) is 5.65. The van der Waals surface area contributed by atoms with Crippen LogP contribution in [-0.2, 0) is 0 Å². The topological polar surface area (TPSA) is 76.1 Å². The molecular weight excluding hydrogens is 371 g/mol.